The van der Waals surface area contributed by atoms with E-state index in [9.17, 15) is 4.39 Å². The topological polar surface area (TPSA) is 27.1 Å². The zero-order valence-corrected chi connectivity index (χ0v) is 18.2. The Morgan fingerprint density at radius 1 is 0.938 bits per heavy atom. The van der Waals surface area contributed by atoms with Crippen LogP contribution in [-0.2, 0) is 6.54 Å². The summed E-state index contributed by atoms with van der Waals surface area (Å²) in [6.07, 6.45) is 3.87. The predicted octanol–water partition coefficient (Wildman–Crippen LogP) is 7.22. The van der Waals surface area contributed by atoms with Gasteiger partial charge in [-0.2, -0.15) is 0 Å². The van der Waals surface area contributed by atoms with Crippen molar-refractivity contribution >= 4 is 22.5 Å². The Morgan fingerprint density at radius 2 is 1.72 bits per heavy atom. The molecule has 0 bridgehead atoms. The number of pyridine rings is 1. The number of aromatic nitrogens is 2. The van der Waals surface area contributed by atoms with Crippen LogP contribution in [-0.4, -0.2) is 16.7 Å². The van der Waals surface area contributed by atoms with Gasteiger partial charge in [0.15, 0.2) is 0 Å². The zero-order chi connectivity index (χ0) is 22.1. The summed E-state index contributed by atoms with van der Waals surface area (Å²) < 4.78 is 21.5. The molecule has 3 aromatic carbocycles. The van der Waals surface area contributed by atoms with E-state index in [0.29, 0.717) is 11.6 Å². The molecule has 0 atom stereocenters. The van der Waals surface area contributed by atoms with Gasteiger partial charge in [0.1, 0.15) is 11.6 Å². The lowest BCUT2D eigenvalue weighted by molar-refractivity contribution is 0.414. The van der Waals surface area contributed by atoms with Crippen molar-refractivity contribution in [1.82, 2.24) is 9.55 Å². The average Bonchev–Trinajstić information content (AvgIpc) is 3.19. The van der Waals surface area contributed by atoms with Crippen molar-refractivity contribution in [2.75, 3.05) is 7.11 Å². The Balaban J connectivity index is 1.72. The molecule has 0 aliphatic heterocycles. The minimum Gasteiger partial charge on any atom is -0.497 e. The number of hydrogen-bond donors (Lipinski definition) is 0. The van der Waals surface area contributed by atoms with Crippen molar-refractivity contribution in [1.29, 1.82) is 0 Å². The highest BCUT2D eigenvalue weighted by Gasteiger charge is 2.16. The maximum Gasteiger partial charge on any atom is 0.123 e. The Hall–Kier alpha value is -3.63. The van der Waals surface area contributed by atoms with E-state index in [0.717, 1.165) is 44.6 Å². The lowest BCUT2D eigenvalue weighted by Gasteiger charge is -2.10. The van der Waals surface area contributed by atoms with Crippen LogP contribution < -0.4 is 4.74 Å². The largest absolute Gasteiger partial charge is 0.497 e. The molecule has 0 aliphatic rings. The molecule has 32 heavy (non-hydrogen) atoms. The maximum atomic E-state index is 14.0. The van der Waals surface area contributed by atoms with Crippen molar-refractivity contribution in [3.8, 4) is 28.1 Å². The van der Waals surface area contributed by atoms with Gasteiger partial charge in [0.2, 0.25) is 0 Å². The van der Waals surface area contributed by atoms with Crippen molar-refractivity contribution in [2.24, 2.45) is 0 Å². The lowest BCUT2D eigenvalue weighted by atomic mass is 10.0. The van der Waals surface area contributed by atoms with Crippen LogP contribution in [0.1, 0.15) is 5.56 Å². The fourth-order valence-corrected chi connectivity index (χ4v) is 4.14. The molecule has 5 rings (SSSR count). The van der Waals surface area contributed by atoms with Gasteiger partial charge in [-0.25, -0.2) is 4.39 Å². The SMILES string of the molecule is COc1ccc(Cn2cc(-c3cccc(F)c3)c3ccnc(-c4ccc(Cl)cc4)c32)cc1. The van der Waals surface area contributed by atoms with Gasteiger partial charge in [-0.05, 0) is 53.6 Å². The minimum atomic E-state index is -0.259. The number of hydrogen-bond acceptors (Lipinski definition) is 2. The highest BCUT2D eigenvalue weighted by atomic mass is 35.5. The lowest BCUT2D eigenvalue weighted by Crippen LogP contribution is -2.00. The van der Waals surface area contributed by atoms with Gasteiger partial charge in [0.25, 0.3) is 0 Å². The van der Waals surface area contributed by atoms with Crippen molar-refractivity contribution in [2.45, 2.75) is 6.54 Å². The highest BCUT2D eigenvalue weighted by Crippen LogP contribution is 2.36. The zero-order valence-electron chi connectivity index (χ0n) is 17.4. The second-order valence-corrected chi connectivity index (χ2v) is 8.03. The van der Waals surface area contributed by atoms with Crippen molar-refractivity contribution in [3.63, 3.8) is 0 Å². The molecule has 3 nitrogen and oxygen atoms in total. The number of fused-ring (bicyclic) bond motifs is 1. The molecule has 0 fully saturated rings. The summed E-state index contributed by atoms with van der Waals surface area (Å²) in [4.78, 5) is 4.70. The summed E-state index contributed by atoms with van der Waals surface area (Å²) in [5.41, 5.74) is 5.74. The fourth-order valence-electron chi connectivity index (χ4n) is 4.01. The molecule has 0 spiro atoms. The molecule has 0 saturated carbocycles. The normalized spacial score (nSPS) is 11.1. The van der Waals surface area contributed by atoms with Gasteiger partial charge in [-0.1, -0.05) is 48.0 Å². The molecule has 0 radical (unpaired) electrons. The predicted molar refractivity (Wildman–Crippen MR) is 128 cm³/mol. The van der Waals surface area contributed by atoms with Gasteiger partial charge in [-0.15, -0.1) is 0 Å². The molecule has 0 amide bonds. The van der Waals surface area contributed by atoms with Gasteiger partial charge in [-0.3, -0.25) is 4.98 Å². The molecule has 0 aliphatic carbocycles. The van der Waals surface area contributed by atoms with Crippen LogP contribution in [0, 0.1) is 5.82 Å². The third-order valence-electron chi connectivity index (χ3n) is 5.55. The molecule has 5 aromatic rings. The molecule has 0 N–H and O–H groups in total. The molecule has 2 heterocycles. The number of methoxy groups -OCH3 is 1. The monoisotopic (exact) mass is 442 g/mol. The molecule has 0 saturated heterocycles. The Labute approximate surface area is 190 Å². The first-order chi connectivity index (χ1) is 15.6. The number of ether oxygens (including phenoxy) is 1. The van der Waals surface area contributed by atoms with Crippen LogP contribution in [0.25, 0.3) is 33.3 Å². The quantitative estimate of drug-likeness (QED) is 0.287. The maximum absolute atomic E-state index is 14.0. The van der Waals surface area contributed by atoms with Gasteiger partial charge < -0.3 is 9.30 Å². The van der Waals surface area contributed by atoms with Gasteiger partial charge in [0.05, 0.1) is 18.3 Å². The van der Waals surface area contributed by atoms with Crippen LogP contribution in [0.3, 0.4) is 0 Å². The molecule has 158 valence electrons. The van der Waals surface area contributed by atoms with Crippen LogP contribution in [0.4, 0.5) is 4.39 Å². The Bertz CT molecular complexity index is 1390. The van der Waals surface area contributed by atoms with E-state index in [1.165, 1.54) is 6.07 Å². The number of halogens is 2. The third-order valence-corrected chi connectivity index (χ3v) is 5.80. The van der Waals surface area contributed by atoms with Crippen molar-refractivity contribution < 1.29 is 9.13 Å². The summed E-state index contributed by atoms with van der Waals surface area (Å²) >= 11 is 6.11. The van der Waals surface area contributed by atoms with Crippen LogP contribution >= 0.6 is 11.6 Å². The Morgan fingerprint density at radius 3 is 2.44 bits per heavy atom. The van der Waals surface area contributed by atoms with Crippen molar-refractivity contribution in [3.05, 3.63) is 108 Å². The summed E-state index contributed by atoms with van der Waals surface area (Å²) in [6.45, 7) is 0.641. The van der Waals surface area contributed by atoms with E-state index < -0.39 is 0 Å². The van der Waals surface area contributed by atoms with E-state index in [2.05, 4.69) is 10.8 Å². The molecular formula is C27H20ClFN2O. The average molecular weight is 443 g/mol. The van der Waals surface area contributed by atoms with Gasteiger partial charge >= 0.3 is 0 Å². The molecule has 2 aromatic heterocycles. The summed E-state index contributed by atoms with van der Waals surface area (Å²) in [6, 6.07) is 24.3. The fraction of sp³-hybridized carbons (Fsp3) is 0.0741. The van der Waals surface area contributed by atoms with E-state index in [1.54, 1.807) is 25.4 Å². The van der Waals surface area contributed by atoms with Gasteiger partial charge in [0, 0.05) is 40.5 Å². The first-order valence-corrected chi connectivity index (χ1v) is 10.6. The van der Waals surface area contributed by atoms with Crippen LogP contribution in [0.2, 0.25) is 5.02 Å². The highest BCUT2D eigenvalue weighted by molar-refractivity contribution is 6.30. The molecule has 5 heteroatoms. The first kappa shape index (κ1) is 20.3. The number of nitrogens with zero attached hydrogens (tertiary/aromatic N) is 2. The standard InChI is InChI=1S/C27H20ClFN2O/c1-32-23-11-5-18(6-12-23)16-31-17-25(20-3-2-4-22(29)15-20)24-13-14-30-26(27(24)31)19-7-9-21(28)10-8-19/h2-15,17H,16H2,1H3. The number of benzene rings is 3. The van der Waals surface area contributed by atoms with Crippen LogP contribution in [0.15, 0.2) is 91.3 Å². The first-order valence-electron chi connectivity index (χ1n) is 10.2. The van der Waals surface area contributed by atoms with Crippen LogP contribution in [0.5, 0.6) is 5.75 Å². The smallest absolute Gasteiger partial charge is 0.123 e. The summed E-state index contributed by atoms with van der Waals surface area (Å²) in [5, 5.41) is 1.69. The minimum absolute atomic E-state index is 0.259. The van der Waals surface area contributed by atoms with E-state index >= 15 is 0 Å². The second-order valence-electron chi connectivity index (χ2n) is 7.59. The molecular weight excluding hydrogens is 423 g/mol. The third kappa shape index (κ3) is 3.85. The van der Waals surface area contributed by atoms with E-state index in [-0.39, 0.29) is 5.82 Å². The summed E-state index contributed by atoms with van der Waals surface area (Å²) in [7, 11) is 1.66. The molecule has 0 unspecified atom stereocenters. The Kier molecular flexibility index (Phi) is 5.38. The van der Waals surface area contributed by atoms with E-state index in [4.69, 9.17) is 21.3 Å². The summed E-state index contributed by atoms with van der Waals surface area (Å²) in [5.74, 6) is 0.556. The number of rotatable bonds is 5. The van der Waals surface area contributed by atoms with E-state index in [1.807, 2.05) is 60.7 Å². The second kappa shape index (κ2) is 8.48.